The molecule has 1 aromatic heterocycles. The molecule has 0 atom stereocenters. The van der Waals surface area contributed by atoms with Crippen molar-refractivity contribution in [2.24, 2.45) is 5.73 Å². The zero-order valence-corrected chi connectivity index (χ0v) is 11.3. The van der Waals surface area contributed by atoms with Gasteiger partial charge in [-0.25, -0.2) is 4.68 Å². The predicted octanol–water partition coefficient (Wildman–Crippen LogP) is 2.23. The summed E-state index contributed by atoms with van der Waals surface area (Å²) >= 11 is 3.45. The van der Waals surface area contributed by atoms with Gasteiger partial charge < -0.3 is 5.73 Å². The average molecular weight is 295 g/mol. The summed E-state index contributed by atoms with van der Waals surface area (Å²) in [5.41, 5.74) is 8.68. The van der Waals surface area contributed by atoms with Gasteiger partial charge in [0.25, 0.3) is 0 Å². The molecule has 0 unspecified atom stereocenters. The smallest absolute Gasteiger partial charge is 0.0832 e. The van der Waals surface area contributed by atoms with Gasteiger partial charge in [-0.2, -0.15) is 0 Å². The first-order valence-corrected chi connectivity index (χ1v) is 6.38. The molecule has 2 N–H and O–H groups in total. The van der Waals surface area contributed by atoms with Crippen LogP contribution in [0.1, 0.15) is 17.7 Å². The number of rotatable bonds is 4. The highest BCUT2D eigenvalue weighted by Crippen LogP contribution is 2.18. The fourth-order valence-electron chi connectivity index (χ4n) is 1.69. The van der Waals surface area contributed by atoms with Crippen molar-refractivity contribution in [2.75, 3.05) is 6.54 Å². The summed E-state index contributed by atoms with van der Waals surface area (Å²) in [6, 6.07) is 6.10. The molecule has 4 nitrogen and oxygen atoms in total. The molecule has 17 heavy (non-hydrogen) atoms. The van der Waals surface area contributed by atoms with Gasteiger partial charge >= 0.3 is 0 Å². The Hall–Kier alpha value is -1.20. The average Bonchev–Trinajstić information content (AvgIpc) is 2.75. The van der Waals surface area contributed by atoms with E-state index in [1.165, 1.54) is 0 Å². The van der Waals surface area contributed by atoms with Crippen LogP contribution in [0, 0.1) is 6.92 Å². The molecule has 90 valence electrons. The second-order valence-electron chi connectivity index (χ2n) is 3.98. The molecule has 2 aromatic rings. The number of halogens is 1. The van der Waals surface area contributed by atoms with Gasteiger partial charge in [0.2, 0.25) is 0 Å². The summed E-state index contributed by atoms with van der Waals surface area (Å²) in [5, 5.41) is 8.28. The van der Waals surface area contributed by atoms with Gasteiger partial charge in [0.15, 0.2) is 0 Å². The summed E-state index contributed by atoms with van der Waals surface area (Å²) in [6.45, 7) is 2.74. The Morgan fingerprint density at radius 3 is 2.94 bits per heavy atom. The van der Waals surface area contributed by atoms with Crippen LogP contribution in [0.4, 0.5) is 0 Å². The second kappa shape index (κ2) is 5.42. The van der Waals surface area contributed by atoms with E-state index in [-0.39, 0.29) is 0 Å². The third-order valence-electron chi connectivity index (χ3n) is 2.58. The van der Waals surface area contributed by atoms with E-state index in [9.17, 15) is 0 Å². The van der Waals surface area contributed by atoms with Gasteiger partial charge in [-0.05, 0) is 50.1 Å². The highest BCUT2D eigenvalue weighted by molar-refractivity contribution is 9.10. The van der Waals surface area contributed by atoms with E-state index in [2.05, 4.69) is 39.2 Å². The number of nitrogens with two attached hydrogens (primary N) is 1. The highest BCUT2D eigenvalue weighted by Gasteiger charge is 2.05. The molecule has 0 radical (unpaired) electrons. The Morgan fingerprint density at radius 2 is 2.24 bits per heavy atom. The number of benzene rings is 1. The second-order valence-corrected chi connectivity index (χ2v) is 4.89. The van der Waals surface area contributed by atoms with Crippen LogP contribution < -0.4 is 5.73 Å². The number of aromatic nitrogens is 3. The minimum Gasteiger partial charge on any atom is -0.330 e. The van der Waals surface area contributed by atoms with Crippen molar-refractivity contribution in [3.8, 4) is 5.69 Å². The maximum Gasteiger partial charge on any atom is 0.0832 e. The number of hydrogen-bond donors (Lipinski definition) is 1. The Morgan fingerprint density at radius 1 is 1.41 bits per heavy atom. The molecule has 0 amide bonds. The molecular weight excluding hydrogens is 280 g/mol. The van der Waals surface area contributed by atoms with Crippen molar-refractivity contribution in [3.05, 3.63) is 40.1 Å². The van der Waals surface area contributed by atoms with Crippen molar-refractivity contribution in [2.45, 2.75) is 19.8 Å². The molecule has 0 fully saturated rings. The Labute approximate surface area is 109 Å². The number of aryl methyl sites for hydroxylation is 2. The molecule has 2 rings (SSSR count). The lowest BCUT2D eigenvalue weighted by molar-refractivity contribution is 0.776. The first-order chi connectivity index (χ1) is 8.20. The fraction of sp³-hybridized carbons (Fsp3) is 0.333. The van der Waals surface area contributed by atoms with Crippen LogP contribution >= 0.6 is 15.9 Å². The molecule has 1 heterocycles. The standard InChI is InChI=1S/C12H15BrN4/c1-9-7-10(13)4-5-12(9)17-8-11(15-16-17)3-2-6-14/h4-5,7-8H,2-3,6,14H2,1H3. The molecule has 0 saturated heterocycles. The zero-order chi connectivity index (χ0) is 12.3. The van der Waals surface area contributed by atoms with Crippen molar-refractivity contribution in [3.63, 3.8) is 0 Å². The molecule has 0 aliphatic heterocycles. The van der Waals surface area contributed by atoms with Crippen LogP contribution in [0.15, 0.2) is 28.9 Å². The first-order valence-electron chi connectivity index (χ1n) is 5.58. The number of hydrogen-bond acceptors (Lipinski definition) is 3. The third kappa shape index (κ3) is 2.92. The third-order valence-corrected chi connectivity index (χ3v) is 3.08. The van der Waals surface area contributed by atoms with Gasteiger partial charge in [-0.15, -0.1) is 5.10 Å². The zero-order valence-electron chi connectivity index (χ0n) is 9.73. The Kier molecular flexibility index (Phi) is 3.91. The van der Waals surface area contributed by atoms with Gasteiger partial charge in [0.05, 0.1) is 17.6 Å². The van der Waals surface area contributed by atoms with E-state index in [0.717, 1.165) is 34.3 Å². The summed E-state index contributed by atoms with van der Waals surface area (Å²) in [6.07, 6.45) is 3.79. The van der Waals surface area contributed by atoms with Gasteiger partial charge in [0.1, 0.15) is 0 Å². The lowest BCUT2D eigenvalue weighted by atomic mass is 10.2. The van der Waals surface area contributed by atoms with Crippen LogP contribution in [0.2, 0.25) is 0 Å². The van der Waals surface area contributed by atoms with Gasteiger partial charge in [-0.1, -0.05) is 21.1 Å². The minimum absolute atomic E-state index is 0.685. The maximum atomic E-state index is 5.47. The van der Waals surface area contributed by atoms with E-state index in [4.69, 9.17) is 5.73 Å². The fourth-order valence-corrected chi connectivity index (χ4v) is 2.17. The number of nitrogens with zero attached hydrogens (tertiary/aromatic N) is 3. The van der Waals surface area contributed by atoms with Gasteiger partial charge in [0, 0.05) is 4.47 Å². The Bertz CT molecular complexity index is 507. The Balaban J connectivity index is 2.24. The van der Waals surface area contributed by atoms with Crippen LogP contribution in [-0.4, -0.2) is 21.5 Å². The van der Waals surface area contributed by atoms with E-state index in [0.29, 0.717) is 6.54 Å². The van der Waals surface area contributed by atoms with Crippen molar-refractivity contribution >= 4 is 15.9 Å². The van der Waals surface area contributed by atoms with Crippen molar-refractivity contribution in [1.29, 1.82) is 0 Å². The lowest BCUT2D eigenvalue weighted by Gasteiger charge is -2.04. The van der Waals surface area contributed by atoms with Crippen LogP contribution in [0.3, 0.4) is 0 Å². The van der Waals surface area contributed by atoms with E-state index in [1.54, 1.807) is 0 Å². The largest absolute Gasteiger partial charge is 0.330 e. The van der Waals surface area contributed by atoms with Crippen LogP contribution in [0.5, 0.6) is 0 Å². The molecule has 5 heteroatoms. The van der Waals surface area contributed by atoms with Crippen molar-refractivity contribution in [1.82, 2.24) is 15.0 Å². The van der Waals surface area contributed by atoms with E-state index >= 15 is 0 Å². The molecule has 0 saturated carbocycles. The molecule has 1 aromatic carbocycles. The molecule has 0 aliphatic carbocycles. The van der Waals surface area contributed by atoms with E-state index in [1.807, 2.05) is 23.0 Å². The predicted molar refractivity (Wildman–Crippen MR) is 71.2 cm³/mol. The van der Waals surface area contributed by atoms with E-state index < -0.39 is 0 Å². The molecule has 0 spiro atoms. The minimum atomic E-state index is 0.685. The molecule has 0 bridgehead atoms. The highest BCUT2D eigenvalue weighted by atomic mass is 79.9. The van der Waals surface area contributed by atoms with Crippen molar-refractivity contribution < 1.29 is 0 Å². The summed E-state index contributed by atoms with van der Waals surface area (Å²) in [4.78, 5) is 0. The monoisotopic (exact) mass is 294 g/mol. The normalized spacial score (nSPS) is 10.8. The summed E-state index contributed by atoms with van der Waals surface area (Å²) < 4.78 is 2.88. The molecule has 0 aliphatic rings. The quantitative estimate of drug-likeness (QED) is 0.941. The maximum absolute atomic E-state index is 5.47. The SMILES string of the molecule is Cc1cc(Br)ccc1-n1cc(CCCN)nn1. The summed E-state index contributed by atoms with van der Waals surface area (Å²) in [5.74, 6) is 0. The van der Waals surface area contributed by atoms with Gasteiger partial charge in [-0.3, -0.25) is 0 Å². The first kappa shape index (κ1) is 12.3. The molecular formula is C12H15BrN4. The van der Waals surface area contributed by atoms with Crippen LogP contribution in [0.25, 0.3) is 5.69 Å². The lowest BCUT2D eigenvalue weighted by Crippen LogP contribution is -2.00. The van der Waals surface area contributed by atoms with Crippen LogP contribution in [-0.2, 0) is 6.42 Å². The summed E-state index contributed by atoms with van der Waals surface area (Å²) in [7, 11) is 0. The topological polar surface area (TPSA) is 56.7 Å².